The second kappa shape index (κ2) is 5.94. The topological polar surface area (TPSA) is 24.5 Å². The molecule has 20 heavy (non-hydrogen) atoms. The molecule has 1 saturated carbocycles. The van der Waals surface area contributed by atoms with Crippen LogP contribution in [0.3, 0.4) is 0 Å². The van der Waals surface area contributed by atoms with Crippen molar-refractivity contribution in [2.24, 2.45) is 11.8 Å². The third-order valence-electron chi connectivity index (χ3n) is 5.09. The van der Waals surface area contributed by atoms with Crippen molar-refractivity contribution in [3.05, 3.63) is 0 Å². The molecule has 2 fully saturated rings. The summed E-state index contributed by atoms with van der Waals surface area (Å²) in [6, 6.07) is 0.427. The van der Waals surface area contributed by atoms with Crippen molar-refractivity contribution in [2.45, 2.75) is 71.1 Å². The molecule has 118 valence electrons. The van der Waals surface area contributed by atoms with E-state index in [1.54, 1.807) is 0 Å². The average Bonchev–Trinajstić information content (AvgIpc) is 3.07. The number of hydrogen-bond donors (Lipinski definition) is 1. The van der Waals surface area contributed by atoms with Crippen LogP contribution in [0.15, 0.2) is 0 Å². The molecule has 3 heteroatoms. The van der Waals surface area contributed by atoms with Crippen LogP contribution in [0, 0.1) is 11.8 Å². The third kappa shape index (κ3) is 3.55. The standard InChI is InChI=1S/C17H34N2O/c1-7-10-19(11-13-8-9-13)12-14-15(18-6)17(4,5)20-16(14,2)3/h13-15,18H,7-12H2,1-6H3. The molecule has 0 amide bonds. The Kier molecular flexibility index (Phi) is 4.83. The van der Waals surface area contributed by atoms with E-state index in [2.05, 4.69) is 51.9 Å². The molecule has 0 bridgehead atoms. The number of rotatable bonds is 7. The molecular weight excluding hydrogens is 248 g/mol. The minimum absolute atomic E-state index is 0.0489. The monoisotopic (exact) mass is 282 g/mol. The summed E-state index contributed by atoms with van der Waals surface area (Å²) in [6.07, 6.45) is 4.12. The molecule has 1 aliphatic heterocycles. The Bertz CT molecular complexity index is 323. The van der Waals surface area contributed by atoms with Crippen LogP contribution < -0.4 is 5.32 Å². The van der Waals surface area contributed by atoms with E-state index in [1.165, 1.54) is 32.4 Å². The van der Waals surface area contributed by atoms with Crippen LogP contribution in [0.1, 0.15) is 53.9 Å². The predicted octanol–water partition coefficient (Wildman–Crippen LogP) is 2.90. The summed E-state index contributed by atoms with van der Waals surface area (Å²) in [5, 5.41) is 3.52. The minimum Gasteiger partial charge on any atom is -0.368 e. The van der Waals surface area contributed by atoms with Gasteiger partial charge in [-0.25, -0.2) is 0 Å². The Labute approximate surface area is 125 Å². The van der Waals surface area contributed by atoms with Crippen LogP contribution in [0.5, 0.6) is 0 Å². The highest BCUT2D eigenvalue weighted by atomic mass is 16.5. The lowest BCUT2D eigenvalue weighted by molar-refractivity contribution is -0.0794. The molecule has 1 N–H and O–H groups in total. The van der Waals surface area contributed by atoms with Crippen molar-refractivity contribution >= 4 is 0 Å². The Morgan fingerprint density at radius 3 is 2.25 bits per heavy atom. The first-order valence-electron chi connectivity index (χ1n) is 8.40. The molecule has 1 aliphatic carbocycles. The van der Waals surface area contributed by atoms with Gasteiger partial charge in [-0.05, 0) is 66.5 Å². The summed E-state index contributed by atoms with van der Waals surface area (Å²) in [4.78, 5) is 2.68. The third-order valence-corrected chi connectivity index (χ3v) is 5.09. The van der Waals surface area contributed by atoms with Gasteiger partial charge in [0.15, 0.2) is 0 Å². The number of hydrogen-bond acceptors (Lipinski definition) is 3. The quantitative estimate of drug-likeness (QED) is 0.777. The molecule has 0 aromatic rings. The van der Waals surface area contributed by atoms with Gasteiger partial charge in [0.2, 0.25) is 0 Å². The van der Waals surface area contributed by atoms with Gasteiger partial charge in [-0.1, -0.05) is 6.92 Å². The smallest absolute Gasteiger partial charge is 0.0790 e. The second-order valence-electron chi connectivity index (χ2n) is 7.88. The van der Waals surface area contributed by atoms with Gasteiger partial charge in [-0.15, -0.1) is 0 Å². The zero-order chi connectivity index (χ0) is 15.0. The zero-order valence-corrected chi connectivity index (χ0v) is 14.3. The van der Waals surface area contributed by atoms with Crippen molar-refractivity contribution in [1.29, 1.82) is 0 Å². The molecule has 0 spiro atoms. The summed E-state index contributed by atoms with van der Waals surface area (Å²) in [7, 11) is 2.08. The van der Waals surface area contributed by atoms with Crippen molar-refractivity contribution in [3.8, 4) is 0 Å². The van der Waals surface area contributed by atoms with E-state index in [-0.39, 0.29) is 11.2 Å². The summed E-state index contributed by atoms with van der Waals surface area (Å²) in [6.45, 7) is 14.9. The molecule has 1 saturated heterocycles. The van der Waals surface area contributed by atoms with Crippen molar-refractivity contribution in [2.75, 3.05) is 26.7 Å². The molecule has 1 heterocycles. The maximum Gasteiger partial charge on any atom is 0.0790 e. The summed E-state index contributed by atoms with van der Waals surface area (Å²) < 4.78 is 6.36. The molecular formula is C17H34N2O. The number of nitrogens with zero attached hydrogens (tertiary/aromatic N) is 1. The summed E-state index contributed by atoms with van der Waals surface area (Å²) in [5.74, 6) is 1.51. The highest BCUT2D eigenvalue weighted by Crippen LogP contribution is 2.43. The van der Waals surface area contributed by atoms with Gasteiger partial charge in [-0.2, -0.15) is 0 Å². The van der Waals surface area contributed by atoms with Gasteiger partial charge in [-0.3, -0.25) is 0 Å². The number of nitrogens with one attached hydrogen (secondary N) is 1. The molecule has 2 rings (SSSR count). The van der Waals surface area contributed by atoms with Gasteiger partial charge < -0.3 is 15.0 Å². The SMILES string of the molecule is CCCN(CC1CC1)CC1C(NC)C(C)(C)OC1(C)C. The first-order chi connectivity index (χ1) is 9.30. The van der Waals surface area contributed by atoms with Crippen LogP contribution in [0.2, 0.25) is 0 Å². The first-order valence-corrected chi connectivity index (χ1v) is 8.40. The van der Waals surface area contributed by atoms with Crippen LogP contribution in [-0.2, 0) is 4.74 Å². The summed E-state index contributed by atoms with van der Waals surface area (Å²) in [5.41, 5.74) is -0.132. The van der Waals surface area contributed by atoms with Crippen LogP contribution in [-0.4, -0.2) is 48.8 Å². The highest BCUT2D eigenvalue weighted by molar-refractivity contribution is 5.05. The molecule has 2 atom stereocenters. The lowest BCUT2D eigenvalue weighted by Crippen LogP contribution is -2.50. The lowest BCUT2D eigenvalue weighted by Gasteiger charge is -2.34. The van der Waals surface area contributed by atoms with E-state index in [0.29, 0.717) is 12.0 Å². The molecule has 0 radical (unpaired) electrons. The van der Waals surface area contributed by atoms with Crippen LogP contribution in [0.25, 0.3) is 0 Å². The van der Waals surface area contributed by atoms with Crippen LogP contribution in [0.4, 0.5) is 0 Å². The molecule has 0 aromatic carbocycles. The molecule has 2 aliphatic rings. The lowest BCUT2D eigenvalue weighted by atomic mass is 9.82. The number of likely N-dealkylation sites (N-methyl/N-ethyl adjacent to an activating group) is 1. The maximum absolute atomic E-state index is 6.36. The van der Waals surface area contributed by atoms with Gasteiger partial charge in [0.1, 0.15) is 0 Å². The summed E-state index contributed by atoms with van der Waals surface area (Å²) >= 11 is 0. The van der Waals surface area contributed by atoms with E-state index >= 15 is 0 Å². The molecule has 0 aromatic heterocycles. The van der Waals surface area contributed by atoms with Crippen molar-refractivity contribution < 1.29 is 4.74 Å². The fourth-order valence-corrected chi connectivity index (χ4v) is 4.09. The van der Waals surface area contributed by atoms with Gasteiger partial charge >= 0.3 is 0 Å². The van der Waals surface area contributed by atoms with Gasteiger partial charge in [0.05, 0.1) is 11.2 Å². The van der Waals surface area contributed by atoms with E-state index in [0.717, 1.165) is 12.5 Å². The Morgan fingerprint density at radius 1 is 1.10 bits per heavy atom. The van der Waals surface area contributed by atoms with Gasteiger partial charge in [0.25, 0.3) is 0 Å². The Hall–Kier alpha value is -0.120. The minimum atomic E-state index is -0.0830. The average molecular weight is 282 g/mol. The zero-order valence-electron chi connectivity index (χ0n) is 14.3. The highest BCUT2D eigenvalue weighted by Gasteiger charge is 2.53. The molecule has 2 unspecified atom stereocenters. The van der Waals surface area contributed by atoms with E-state index < -0.39 is 0 Å². The van der Waals surface area contributed by atoms with E-state index in [4.69, 9.17) is 4.74 Å². The van der Waals surface area contributed by atoms with Crippen molar-refractivity contribution in [1.82, 2.24) is 10.2 Å². The Balaban J connectivity index is 2.06. The van der Waals surface area contributed by atoms with Crippen LogP contribution >= 0.6 is 0 Å². The first kappa shape index (κ1) is 16.3. The Morgan fingerprint density at radius 2 is 1.75 bits per heavy atom. The fraction of sp³-hybridized carbons (Fsp3) is 1.00. The number of ether oxygens (including phenoxy) is 1. The van der Waals surface area contributed by atoms with Crippen molar-refractivity contribution in [3.63, 3.8) is 0 Å². The van der Waals surface area contributed by atoms with E-state index in [1.807, 2.05) is 0 Å². The molecule has 3 nitrogen and oxygen atoms in total. The second-order valence-corrected chi connectivity index (χ2v) is 7.88. The predicted molar refractivity (Wildman–Crippen MR) is 85.0 cm³/mol. The normalized spacial score (nSPS) is 31.9. The fourth-order valence-electron chi connectivity index (χ4n) is 4.09. The van der Waals surface area contributed by atoms with E-state index in [9.17, 15) is 0 Å². The maximum atomic E-state index is 6.36. The largest absolute Gasteiger partial charge is 0.368 e. The van der Waals surface area contributed by atoms with Gasteiger partial charge in [0, 0.05) is 25.0 Å².